The van der Waals surface area contributed by atoms with Crippen LogP contribution in [0.2, 0.25) is 0 Å². The lowest BCUT2D eigenvalue weighted by Crippen LogP contribution is -2.28. The Kier molecular flexibility index (Phi) is 3.70. The van der Waals surface area contributed by atoms with Crippen LogP contribution in [0, 0.1) is 11.7 Å². The molecule has 2 N–H and O–H groups in total. The maximum absolute atomic E-state index is 13.6. The third-order valence-corrected chi connectivity index (χ3v) is 4.73. The number of aliphatic hydroxyl groups excluding tert-OH is 1. The van der Waals surface area contributed by atoms with Crippen LogP contribution < -0.4 is 4.72 Å². The molecular formula is C12H16FNO3S. The van der Waals surface area contributed by atoms with E-state index in [1.165, 1.54) is 12.1 Å². The molecule has 1 aliphatic carbocycles. The Morgan fingerprint density at radius 1 is 1.50 bits per heavy atom. The molecule has 6 heteroatoms. The Morgan fingerprint density at radius 3 is 2.78 bits per heavy atom. The van der Waals surface area contributed by atoms with Gasteiger partial charge in [-0.25, -0.2) is 17.5 Å². The van der Waals surface area contributed by atoms with E-state index in [4.69, 9.17) is 5.11 Å². The van der Waals surface area contributed by atoms with Gasteiger partial charge in [0, 0.05) is 6.04 Å². The summed E-state index contributed by atoms with van der Waals surface area (Å²) in [4.78, 5) is -0.393. The van der Waals surface area contributed by atoms with Gasteiger partial charge in [0.2, 0.25) is 10.0 Å². The number of hydrogen-bond acceptors (Lipinski definition) is 3. The zero-order valence-electron chi connectivity index (χ0n) is 10.1. The van der Waals surface area contributed by atoms with Gasteiger partial charge in [0.25, 0.3) is 0 Å². The van der Waals surface area contributed by atoms with Gasteiger partial charge in [0.05, 0.1) is 6.61 Å². The maximum atomic E-state index is 13.6. The first-order valence-corrected chi connectivity index (χ1v) is 7.38. The van der Waals surface area contributed by atoms with Crippen LogP contribution in [0.5, 0.6) is 0 Å². The molecule has 2 atom stereocenters. The lowest BCUT2D eigenvalue weighted by Gasteiger charge is -2.08. The fourth-order valence-corrected chi connectivity index (χ4v) is 3.40. The normalized spacial score (nSPS) is 23.1. The van der Waals surface area contributed by atoms with Crippen molar-refractivity contribution in [1.82, 2.24) is 4.72 Å². The average molecular weight is 273 g/mol. The summed E-state index contributed by atoms with van der Waals surface area (Å²) in [6.45, 7) is 1.68. The molecule has 4 nitrogen and oxygen atoms in total. The molecule has 2 unspecified atom stereocenters. The fraction of sp³-hybridized carbons (Fsp3) is 0.500. The number of hydrogen-bond donors (Lipinski definition) is 2. The highest BCUT2D eigenvalue weighted by atomic mass is 32.2. The predicted octanol–water partition coefficient (Wildman–Crippen LogP) is 1.39. The molecule has 1 aliphatic rings. The van der Waals surface area contributed by atoms with Gasteiger partial charge in [-0.1, -0.05) is 19.4 Å². The minimum absolute atomic E-state index is 0.0859. The summed E-state index contributed by atoms with van der Waals surface area (Å²) in [7, 11) is -3.84. The molecule has 0 amide bonds. The molecule has 0 radical (unpaired) electrons. The molecule has 1 aromatic rings. The highest BCUT2D eigenvalue weighted by Crippen LogP contribution is 2.34. The van der Waals surface area contributed by atoms with Crippen LogP contribution in [-0.4, -0.2) is 19.6 Å². The number of rotatable bonds is 5. The average Bonchev–Trinajstić information content (AvgIpc) is 3.07. The summed E-state index contributed by atoms with van der Waals surface area (Å²) < 4.78 is 40.0. The van der Waals surface area contributed by atoms with Crippen molar-refractivity contribution in [2.24, 2.45) is 5.92 Å². The van der Waals surface area contributed by atoms with Gasteiger partial charge < -0.3 is 5.11 Å². The predicted molar refractivity (Wildman–Crippen MR) is 64.8 cm³/mol. The Bertz CT molecular complexity index is 544. The first-order valence-electron chi connectivity index (χ1n) is 5.89. The Labute approximate surface area is 106 Å². The second kappa shape index (κ2) is 4.95. The summed E-state index contributed by atoms with van der Waals surface area (Å²) in [5.41, 5.74) is 0.375. The molecule has 1 aromatic carbocycles. The topological polar surface area (TPSA) is 66.4 Å². The van der Waals surface area contributed by atoms with Gasteiger partial charge in [0.1, 0.15) is 10.7 Å². The molecule has 1 fully saturated rings. The molecule has 0 saturated heterocycles. The van der Waals surface area contributed by atoms with E-state index in [1.807, 2.05) is 6.92 Å². The van der Waals surface area contributed by atoms with Crippen LogP contribution in [0.3, 0.4) is 0 Å². The van der Waals surface area contributed by atoms with Gasteiger partial charge in [-0.2, -0.15) is 0 Å². The molecule has 100 valence electrons. The van der Waals surface area contributed by atoms with Gasteiger partial charge in [-0.3, -0.25) is 0 Å². The van der Waals surface area contributed by atoms with Crippen LogP contribution >= 0.6 is 0 Å². The third-order valence-electron chi connectivity index (χ3n) is 3.22. The molecule has 0 heterocycles. The van der Waals surface area contributed by atoms with Crippen LogP contribution in [0.15, 0.2) is 23.1 Å². The summed E-state index contributed by atoms with van der Waals surface area (Å²) in [5, 5.41) is 8.96. The maximum Gasteiger partial charge on any atom is 0.243 e. The Hall–Kier alpha value is -0.980. The minimum atomic E-state index is -3.84. The zero-order chi connectivity index (χ0) is 13.3. The van der Waals surface area contributed by atoms with Gasteiger partial charge in [0.15, 0.2) is 0 Å². The van der Waals surface area contributed by atoms with E-state index in [9.17, 15) is 12.8 Å². The number of nitrogens with one attached hydrogen (secondary N) is 1. The van der Waals surface area contributed by atoms with Gasteiger partial charge in [-0.15, -0.1) is 0 Å². The second-order valence-corrected chi connectivity index (χ2v) is 6.24. The molecule has 0 aliphatic heterocycles. The number of aliphatic hydroxyl groups is 1. The van der Waals surface area contributed by atoms with Crippen molar-refractivity contribution in [3.05, 3.63) is 29.6 Å². The molecule has 0 spiro atoms. The fourth-order valence-electron chi connectivity index (χ4n) is 1.96. The Balaban J connectivity index is 2.24. The van der Waals surface area contributed by atoms with Crippen molar-refractivity contribution in [2.75, 3.05) is 0 Å². The molecule has 2 rings (SSSR count). The summed E-state index contributed by atoms with van der Waals surface area (Å²) >= 11 is 0. The number of benzene rings is 1. The van der Waals surface area contributed by atoms with E-state index < -0.39 is 20.7 Å². The van der Waals surface area contributed by atoms with Crippen LogP contribution in [-0.2, 0) is 16.6 Å². The van der Waals surface area contributed by atoms with E-state index in [2.05, 4.69) is 4.72 Å². The van der Waals surface area contributed by atoms with E-state index in [0.717, 1.165) is 18.9 Å². The highest BCUT2D eigenvalue weighted by molar-refractivity contribution is 7.89. The lowest BCUT2D eigenvalue weighted by atomic mass is 10.2. The summed E-state index contributed by atoms with van der Waals surface area (Å²) in [5.74, 6) is -0.447. The highest BCUT2D eigenvalue weighted by Gasteiger charge is 2.39. The molecule has 18 heavy (non-hydrogen) atoms. The molecule has 1 saturated carbocycles. The summed E-state index contributed by atoms with van der Waals surface area (Å²) in [6.07, 6.45) is 1.71. The van der Waals surface area contributed by atoms with Crippen molar-refractivity contribution in [2.45, 2.75) is 37.3 Å². The number of sulfonamides is 1. The first kappa shape index (κ1) is 13.5. The Morgan fingerprint density at radius 2 is 2.22 bits per heavy atom. The van der Waals surface area contributed by atoms with Gasteiger partial charge in [-0.05, 0) is 30.0 Å². The second-order valence-electron chi connectivity index (χ2n) is 4.55. The quantitative estimate of drug-likeness (QED) is 0.852. The van der Waals surface area contributed by atoms with E-state index in [0.29, 0.717) is 11.5 Å². The zero-order valence-corrected chi connectivity index (χ0v) is 10.9. The van der Waals surface area contributed by atoms with E-state index in [-0.39, 0.29) is 12.6 Å². The van der Waals surface area contributed by atoms with Crippen LogP contribution in [0.4, 0.5) is 4.39 Å². The van der Waals surface area contributed by atoms with Crippen LogP contribution in [0.1, 0.15) is 25.3 Å². The third kappa shape index (κ3) is 2.71. The lowest BCUT2D eigenvalue weighted by molar-refractivity contribution is 0.281. The van der Waals surface area contributed by atoms with Gasteiger partial charge >= 0.3 is 0 Å². The largest absolute Gasteiger partial charge is 0.392 e. The molecular weight excluding hydrogens is 257 g/mol. The van der Waals surface area contributed by atoms with Crippen molar-refractivity contribution >= 4 is 10.0 Å². The van der Waals surface area contributed by atoms with Crippen molar-refractivity contribution in [3.63, 3.8) is 0 Å². The molecule has 0 aromatic heterocycles. The van der Waals surface area contributed by atoms with Crippen LogP contribution in [0.25, 0.3) is 0 Å². The van der Waals surface area contributed by atoms with Crippen molar-refractivity contribution in [1.29, 1.82) is 0 Å². The minimum Gasteiger partial charge on any atom is -0.392 e. The van der Waals surface area contributed by atoms with Crippen molar-refractivity contribution in [3.8, 4) is 0 Å². The van der Waals surface area contributed by atoms with E-state index in [1.54, 1.807) is 0 Å². The summed E-state index contributed by atoms with van der Waals surface area (Å²) in [6, 6.07) is 3.50. The standard InChI is InChI=1S/C12H16FNO3S/c1-2-9-6-11(9)14-18(16,17)12-5-8(7-15)3-4-10(12)13/h3-5,9,11,14-15H,2,6-7H2,1H3. The smallest absolute Gasteiger partial charge is 0.243 e. The number of halogens is 1. The van der Waals surface area contributed by atoms with Crippen molar-refractivity contribution < 1.29 is 17.9 Å². The monoisotopic (exact) mass is 273 g/mol. The first-order chi connectivity index (χ1) is 8.47. The SMILES string of the molecule is CCC1CC1NS(=O)(=O)c1cc(CO)ccc1F. The molecule has 0 bridgehead atoms. The van der Waals surface area contributed by atoms with E-state index >= 15 is 0 Å².